The standard InChI is InChI=1S/C9H5BrF4O3/c10-4-1-2-6(11)5(3-4)8(17,7(15)16)9(12,13)14/h1-3,17H,(H,15,16). The maximum Gasteiger partial charge on any atom is 0.432 e. The zero-order chi connectivity index (χ0) is 13.4. The summed E-state index contributed by atoms with van der Waals surface area (Å²) in [6, 6.07) is 2.27. The second-order valence-corrected chi connectivity index (χ2v) is 4.05. The normalized spacial score (nSPS) is 15.4. The molecule has 1 atom stereocenters. The molecule has 0 bridgehead atoms. The van der Waals surface area contributed by atoms with Gasteiger partial charge in [-0.1, -0.05) is 15.9 Å². The predicted octanol–water partition coefficient (Wildman–Crippen LogP) is 2.42. The van der Waals surface area contributed by atoms with Gasteiger partial charge in [-0.25, -0.2) is 9.18 Å². The number of alkyl halides is 3. The van der Waals surface area contributed by atoms with Crippen molar-refractivity contribution in [1.29, 1.82) is 0 Å². The molecule has 17 heavy (non-hydrogen) atoms. The van der Waals surface area contributed by atoms with E-state index in [1.54, 1.807) is 0 Å². The first-order valence-electron chi connectivity index (χ1n) is 4.08. The molecule has 8 heteroatoms. The molecule has 0 amide bonds. The number of aliphatic hydroxyl groups is 1. The van der Waals surface area contributed by atoms with Gasteiger partial charge >= 0.3 is 12.1 Å². The fourth-order valence-corrected chi connectivity index (χ4v) is 1.52. The van der Waals surface area contributed by atoms with Crippen LogP contribution in [0.15, 0.2) is 22.7 Å². The SMILES string of the molecule is O=C(O)C(O)(c1cc(Br)ccc1F)C(F)(F)F. The molecule has 0 aromatic heterocycles. The third-order valence-electron chi connectivity index (χ3n) is 2.04. The smallest absolute Gasteiger partial charge is 0.432 e. The maximum atomic E-state index is 13.2. The van der Waals surface area contributed by atoms with Crippen molar-refractivity contribution in [3.05, 3.63) is 34.1 Å². The van der Waals surface area contributed by atoms with Crippen LogP contribution in [0, 0.1) is 5.82 Å². The third kappa shape index (κ3) is 2.27. The summed E-state index contributed by atoms with van der Waals surface area (Å²) in [6.07, 6.45) is -5.54. The number of halogens is 5. The summed E-state index contributed by atoms with van der Waals surface area (Å²) in [5.74, 6) is -4.06. The first-order valence-corrected chi connectivity index (χ1v) is 4.88. The van der Waals surface area contributed by atoms with Gasteiger partial charge in [-0.05, 0) is 18.2 Å². The van der Waals surface area contributed by atoms with Crippen LogP contribution in [0.1, 0.15) is 5.56 Å². The molecule has 0 saturated heterocycles. The van der Waals surface area contributed by atoms with E-state index in [0.29, 0.717) is 12.1 Å². The van der Waals surface area contributed by atoms with Crippen LogP contribution < -0.4 is 0 Å². The maximum absolute atomic E-state index is 13.2. The number of hydrogen-bond acceptors (Lipinski definition) is 2. The van der Waals surface area contributed by atoms with E-state index < -0.39 is 29.1 Å². The highest BCUT2D eigenvalue weighted by molar-refractivity contribution is 9.10. The number of carboxylic acid groups (broad SMARTS) is 1. The lowest BCUT2D eigenvalue weighted by Gasteiger charge is -2.26. The van der Waals surface area contributed by atoms with Crippen LogP contribution >= 0.6 is 15.9 Å². The van der Waals surface area contributed by atoms with Gasteiger partial charge < -0.3 is 10.2 Å². The van der Waals surface area contributed by atoms with Crippen LogP contribution in [0.3, 0.4) is 0 Å². The van der Waals surface area contributed by atoms with Gasteiger partial charge in [0.05, 0.1) is 0 Å². The summed E-state index contributed by atoms with van der Waals surface area (Å²) in [4.78, 5) is 10.6. The number of carbonyl (C=O) groups is 1. The highest BCUT2D eigenvalue weighted by atomic mass is 79.9. The van der Waals surface area contributed by atoms with Crippen molar-refractivity contribution >= 4 is 21.9 Å². The molecule has 0 spiro atoms. The predicted molar refractivity (Wildman–Crippen MR) is 51.7 cm³/mol. The Morgan fingerprint density at radius 2 is 1.82 bits per heavy atom. The Morgan fingerprint density at radius 1 is 1.29 bits per heavy atom. The summed E-state index contributed by atoms with van der Waals surface area (Å²) < 4.78 is 50.8. The van der Waals surface area contributed by atoms with E-state index in [1.165, 1.54) is 0 Å². The van der Waals surface area contributed by atoms with Gasteiger partial charge in [0.15, 0.2) is 0 Å². The van der Waals surface area contributed by atoms with E-state index in [-0.39, 0.29) is 4.47 Å². The lowest BCUT2D eigenvalue weighted by molar-refractivity contribution is -0.266. The Hall–Kier alpha value is -1.15. The number of carboxylic acids is 1. The number of hydrogen-bond donors (Lipinski definition) is 2. The second kappa shape index (κ2) is 4.26. The molecular weight excluding hydrogens is 312 g/mol. The van der Waals surface area contributed by atoms with Gasteiger partial charge in [0.25, 0.3) is 5.60 Å². The topological polar surface area (TPSA) is 57.5 Å². The minimum atomic E-state index is -5.54. The van der Waals surface area contributed by atoms with Crippen molar-refractivity contribution in [3.63, 3.8) is 0 Å². The molecule has 0 saturated carbocycles. The Labute approximate surface area is 101 Å². The summed E-state index contributed by atoms with van der Waals surface area (Å²) in [5, 5.41) is 17.7. The molecule has 0 aliphatic carbocycles. The average Bonchev–Trinajstić information content (AvgIpc) is 2.18. The Bertz CT molecular complexity index is 460. The molecule has 1 aromatic carbocycles. The molecule has 0 fully saturated rings. The molecule has 1 aromatic rings. The van der Waals surface area contributed by atoms with Crippen molar-refractivity contribution in [1.82, 2.24) is 0 Å². The summed E-state index contributed by atoms with van der Waals surface area (Å²) in [6.45, 7) is 0. The van der Waals surface area contributed by atoms with E-state index in [0.717, 1.165) is 6.07 Å². The number of rotatable bonds is 2. The quantitative estimate of drug-likeness (QED) is 0.824. The van der Waals surface area contributed by atoms with Gasteiger partial charge in [-0.3, -0.25) is 0 Å². The van der Waals surface area contributed by atoms with Crippen molar-refractivity contribution < 1.29 is 32.6 Å². The monoisotopic (exact) mass is 316 g/mol. The van der Waals surface area contributed by atoms with E-state index in [2.05, 4.69) is 15.9 Å². The molecule has 1 unspecified atom stereocenters. The fraction of sp³-hybridized carbons (Fsp3) is 0.222. The summed E-state index contributed by atoms with van der Waals surface area (Å²) in [5.41, 5.74) is -5.65. The van der Waals surface area contributed by atoms with Crippen LogP contribution in [-0.4, -0.2) is 22.4 Å². The van der Waals surface area contributed by atoms with E-state index in [4.69, 9.17) is 5.11 Å². The van der Waals surface area contributed by atoms with Crippen LogP contribution in [0.25, 0.3) is 0 Å². The van der Waals surface area contributed by atoms with E-state index in [1.807, 2.05) is 0 Å². The van der Waals surface area contributed by atoms with Gasteiger partial charge in [0, 0.05) is 10.0 Å². The first-order chi connectivity index (χ1) is 7.60. The zero-order valence-electron chi connectivity index (χ0n) is 7.92. The Morgan fingerprint density at radius 3 is 2.24 bits per heavy atom. The molecule has 94 valence electrons. The second-order valence-electron chi connectivity index (χ2n) is 3.14. The fourth-order valence-electron chi connectivity index (χ4n) is 1.16. The van der Waals surface area contributed by atoms with Gasteiger partial charge in [0.1, 0.15) is 5.82 Å². The third-order valence-corrected chi connectivity index (χ3v) is 2.53. The van der Waals surface area contributed by atoms with E-state index in [9.17, 15) is 27.5 Å². The minimum absolute atomic E-state index is 0.0119. The van der Waals surface area contributed by atoms with Crippen LogP contribution in [0.2, 0.25) is 0 Å². The molecule has 2 N–H and O–H groups in total. The zero-order valence-corrected chi connectivity index (χ0v) is 9.51. The van der Waals surface area contributed by atoms with Crippen molar-refractivity contribution in [2.24, 2.45) is 0 Å². The van der Waals surface area contributed by atoms with Gasteiger partial charge in [-0.2, -0.15) is 13.2 Å². The first kappa shape index (κ1) is 13.9. The Kier molecular flexibility index (Phi) is 3.49. The van der Waals surface area contributed by atoms with Crippen LogP contribution in [-0.2, 0) is 10.4 Å². The van der Waals surface area contributed by atoms with Gasteiger partial charge in [-0.15, -0.1) is 0 Å². The van der Waals surface area contributed by atoms with Crippen LogP contribution in [0.4, 0.5) is 17.6 Å². The summed E-state index contributed by atoms with van der Waals surface area (Å²) >= 11 is 2.77. The molecule has 0 aliphatic heterocycles. The van der Waals surface area contributed by atoms with E-state index >= 15 is 0 Å². The average molecular weight is 317 g/mol. The molecule has 0 heterocycles. The number of benzene rings is 1. The molecule has 3 nitrogen and oxygen atoms in total. The molecule has 0 radical (unpaired) electrons. The highest BCUT2D eigenvalue weighted by Crippen LogP contribution is 2.41. The van der Waals surface area contributed by atoms with Crippen molar-refractivity contribution in [2.75, 3.05) is 0 Å². The largest absolute Gasteiger partial charge is 0.479 e. The number of aliphatic carboxylic acids is 1. The van der Waals surface area contributed by atoms with Crippen molar-refractivity contribution in [3.8, 4) is 0 Å². The minimum Gasteiger partial charge on any atom is -0.479 e. The molecule has 0 aliphatic rings. The molecular formula is C9H5BrF4O3. The Balaban J connectivity index is 3.54. The lowest BCUT2D eigenvalue weighted by atomic mass is 9.93. The van der Waals surface area contributed by atoms with Crippen LogP contribution in [0.5, 0.6) is 0 Å². The lowest BCUT2D eigenvalue weighted by Crippen LogP contribution is -2.49. The van der Waals surface area contributed by atoms with Gasteiger partial charge in [0.2, 0.25) is 0 Å². The summed E-state index contributed by atoms with van der Waals surface area (Å²) in [7, 11) is 0. The van der Waals surface area contributed by atoms with Crippen molar-refractivity contribution in [2.45, 2.75) is 11.8 Å². The highest BCUT2D eigenvalue weighted by Gasteiger charge is 2.62. The molecule has 1 rings (SSSR count).